The van der Waals surface area contributed by atoms with Crippen molar-refractivity contribution >= 4 is 0 Å². The lowest BCUT2D eigenvalue weighted by molar-refractivity contribution is 0.214. The maximum Gasteiger partial charge on any atom is 0.108 e. The highest BCUT2D eigenvalue weighted by atomic mass is 15.1. The fourth-order valence-electron chi connectivity index (χ4n) is 1.86. The predicted octanol–water partition coefficient (Wildman–Crippen LogP) is 2.24. The molecule has 1 N–H and O–H groups in total. The summed E-state index contributed by atoms with van der Waals surface area (Å²) in [6.45, 7) is 11.6. The van der Waals surface area contributed by atoms with Gasteiger partial charge in [-0.05, 0) is 40.2 Å². The Balaban J connectivity index is 4.09. The molecule has 0 heterocycles. The minimum absolute atomic E-state index is 0.0698. The molecule has 0 saturated carbocycles. The second-order valence-electron chi connectivity index (χ2n) is 5.42. The van der Waals surface area contributed by atoms with Crippen LogP contribution in [0.4, 0.5) is 0 Å². The van der Waals surface area contributed by atoms with Gasteiger partial charge in [0.15, 0.2) is 0 Å². The molecule has 0 aromatic heterocycles. The lowest BCUT2D eigenvalue weighted by atomic mass is 10.0. The largest absolute Gasteiger partial charge is 0.301 e. The van der Waals surface area contributed by atoms with Gasteiger partial charge in [0.05, 0.1) is 6.07 Å². The Hall–Kier alpha value is -0.590. The zero-order valence-electron chi connectivity index (χ0n) is 11.6. The number of likely N-dealkylation sites (N-methyl/N-ethyl adjacent to an activating group) is 1. The predicted molar refractivity (Wildman–Crippen MR) is 69.2 cm³/mol. The van der Waals surface area contributed by atoms with E-state index in [1.807, 2.05) is 0 Å². The molecule has 0 amide bonds. The van der Waals surface area contributed by atoms with Crippen LogP contribution in [-0.2, 0) is 0 Å². The average Bonchev–Trinajstić information content (AvgIpc) is 2.14. The van der Waals surface area contributed by atoms with Crippen LogP contribution in [-0.4, -0.2) is 36.6 Å². The monoisotopic (exact) mass is 225 g/mol. The van der Waals surface area contributed by atoms with E-state index in [1.54, 1.807) is 0 Å². The summed E-state index contributed by atoms with van der Waals surface area (Å²) in [6.07, 6.45) is 1.18. The molecule has 0 fully saturated rings. The fourth-order valence-corrected chi connectivity index (χ4v) is 1.86. The summed E-state index contributed by atoms with van der Waals surface area (Å²) in [5.74, 6) is 0.705. The molecule has 2 atom stereocenters. The van der Waals surface area contributed by atoms with Gasteiger partial charge in [-0.1, -0.05) is 13.8 Å². The maximum atomic E-state index is 9.05. The molecule has 0 aliphatic rings. The van der Waals surface area contributed by atoms with Crippen molar-refractivity contribution in [1.29, 1.82) is 5.26 Å². The molecule has 94 valence electrons. The molecule has 0 bridgehead atoms. The van der Waals surface area contributed by atoms with Gasteiger partial charge in [0.1, 0.15) is 6.04 Å². The molecule has 3 nitrogen and oxygen atoms in total. The number of nitrogens with one attached hydrogen (secondary N) is 1. The smallest absolute Gasteiger partial charge is 0.108 e. The van der Waals surface area contributed by atoms with Gasteiger partial charge in [0, 0.05) is 18.6 Å². The minimum atomic E-state index is -0.0698. The van der Waals surface area contributed by atoms with E-state index >= 15 is 0 Å². The van der Waals surface area contributed by atoms with Crippen LogP contribution in [0.2, 0.25) is 0 Å². The molecule has 16 heavy (non-hydrogen) atoms. The molecule has 0 radical (unpaired) electrons. The van der Waals surface area contributed by atoms with Crippen LogP contribution in [0.25, 0.3) is 0 Å². The minimum Gasteiger partial charge on any atom is -0.301 e. The molecule has 0 spiro atoms. The summed E-state index contributed by atoms with van der Waals surface area (Å²) in [5.41, 5.74) is 0. The lowest BCUT2D eigenvalue weighted by Gasteiger charge is -2.28. The summed E-state index contributed by atoms with van der Waals surface area (Å²) >= 11 is 0. The van der Waals surface area contributed by atoms with E-state index in [-0.39, 0.29) is 6.04 Å². The van der Waals surface area contributed by atoms with E-state index in [9.17, 15) is 0 Å². The zero-order valence-corrected chi connectivity index (χ0v) is 11.6. The van der Waals surface area contributed by atoms with E-state index in [0.717, 1.165) is 6.54 Å². The quantitative estimate of drug-likeness (QED) is 0.722. The first-order valence-corrected chi connectivity index (χ1v) is 6.22. The molecule has 0 aromatic carbocycles. The first-order chi connectivity index (χ1) is 7.36. The Kier molecular flexibility index (Phi) is 7.36. The first kappa shape index (κ1) is 15.4. The summed E-state index contributed by atoms with van der Waals surface area (Å²) in [4.78, 5) is 2.27. The Morgan fingerprint density at radius 3 is 2.12 bits per heavy atom. The van der Waals surface area contributed by atoms with Gasteiger partial charge < -0.3 is 4.90 Å². The van der Waals surface area contributed by atoms with Crippen LogP contribution >= 0.6 is 0 Å². The van der Waals surface area contributed by atoms with Crippen molar-refractivity contribution in [2.75, 3.05) is 13.6 Å². The van der Waals surface area contributed by atoms with E-state index < -0.39 is 0 Å². The molecule has 0 saturated heterocycles. The van der Waals surface area contributed by atoms with Crippen LogP contribution in [0.3, 0.4) is 0 Å². The third-order valence-corrected chi connectivity index (χ3v) is 2.73. The second-order valence-corrected chi connectivity index (χ2v) is 5.42. The summed E-state index contributed by atoms with van der Waals surface area (Å²) < 4.78 is 0. The van der Waals surface area contributed by atoms with E-state index in [2.05, 4.69) is 58.0 Å². The van der Waals surface area contributed by atoms with E-state index in [0.29, 0.717) is 18.0 Å². The zero-order chi connectivity index (χ0) is 12.7. The van der Waals surface area contributed by atoms with Gasteiger partial charge in [-0.25, -0.2) is 0 Å². The lowest BCUT2D eigenvalue weighted by Crippen LogP contribution is -2.44. The third-order valence-electron chi connectivity index (χ3n) is 2.73. The second kappa shape index (κ2) is 7.65. The number of nitrogens with zero attached hydrogens (tertiary/aromatic N) is 2. The van der Waals surface area contributed by atoms with Gasteiger partial charge >= 0.3 is 0 Å². The molecule has 0 aromatic rings. The molecule has 0 aliphatic heterocycles. The Labute approximate surface area is 101 Å². The van der Waals surface area contributed by atoms with Gasteiger partial charge in [-0.2, -0.15) is 5.26 Å². The van der Waals surface area contributed by atoms with E-state index in [4.69, 9.17) is 5.26 Å². The van der Waals surface area contributed by atoms with E-state index in [1.165, 1.54) is 6.42 Å². The van der Waals surface area contributed by atoms with Crippen LogP contribution in [0.15, 0.2) is 0 Å². The molecular weight excluding hydrogens is 198 g/mol. The number of nitriles is 1. The van der Waals surface area contributed by atoms with Crippen molar-refractivity contribution in [1.82, 2.24) is 10.2 Å². The average molecular weight is 225 g/mol. The topological polar surface area (TPSA) is 39.1 Å². The number of hydrogen-bond donors (Lipinski definition) is 1. The maximum absolute atomic E-state index is 9.05. The van der Waals surface area contributed by atoms with Crippen molar-refractivity contribution in [3.05, 3.63) is 0 Å². The highest BCUT2D eigenvalue weighted by molar-refractivity contribution is 4.93. The van der Waals surface area contributed by atoms with Crippen LogP contribution in [0.1, 0.15) is 41.0 Å². The van der Waals surface area contributed by atoms with Crippen molar-refractivity contribution < 1.29 is 0 Å². The van der Waals surface area contributed by atoms with Gasteiger partial charge in [0.2, 0.25) is 0 Å². The Morgan fingerprint density at radius 1 is 1.19 bits per heavy atom. The SMILES string of the molecule is CC(C)CC(C)N(C)CC(C#N)NC(C)C. The third kappa shape index (κ3) is 6.81. The Bertz CT molecular complexity index is 218. The number of rotatable bonds is 7. The highest BCUT2D eigenvalue weighted by Crippen LogP contribution is 2.09. The molecule has 2 unspecified atom stereocenters. The first-order valence-electron chi connectivity index (χ1n) is 6.22. The van der Waals surface area contributed by atoms with Crippen molar-refractivity contribution in [2.45, 2.75) is 59.2 Å². The normalized spacial score (nSPS) is 15.5. The standard InChI is InChI=1S/C13H27N3/c1-10(2)7-12(5)16(6)9-13(8-14)15-11(3)4/h10-13,15H,7,9H2,1-6H3. The molecular formula is C13H27N3. The van der Waals surface area contributed by atoms with Crippen molar-refractivity contribution in [3.63, 3.8) is 0 Å². The molecule has 3 heteroatoms. The van der Waals surface area contributed by atoms with Crippen molar-refractivity contribution in [3.8, 4) is 6.07 Å². The highest BCUT2D eigenvalue weighted by Gasteiger charge is 2.16. The molecule has 0 aliphatic carbocycles. The van der Waals surface area contributed by atoms with Gasteiger partial charge in [0.25, 0.3) is 0 Å². The fraction of sp³-hybridized carbons (Fsp3) is 0.923. The van der Waals surface area contributed by atoms with Crippen LogP contribution in [0.5, 0.6) is 0 Å². The summed E-state index contributed by atoms with van der Waals surface area (Å²) in [7, 11) is 2.10. The number of hydrogen-bond acceptors (Lipinski definition) is 3. The summed E-state index contributed by atoms with van der Waals surface area (Å²) in [6, 6.07) is 3.14. The van der Waals surface area contributed by atoms with Crippen LogP contribution < -0.4 is 5.32 Å². The van der Waals surface area contributed by atoms with Gasteiger partial charge in [-0.15, -0.1) is 0 Å². The molecule has 0 rings (SSSR count). The van der Waals surface area contributed by atoms with Gasteiger partial charge in [-0.3, -0.25) is 5.32 Å². The van der Waals surface area contributed by atoms with Crippen LogP contribution in [0, 0.1) is 17.2 Å². The Morgan fingerprint density at radius 2 is 1.75 bits per heavy atom. The summed E-state index contributed by atoms with van der Waals surface area (Å²) in [5, 5.41) is 12.3. The van der Waals surface area contributed by atoms with Crippen molar-refractivity contribution in [2.24, 2.45) is 5.92 Å².